The lowest BCUT2D eigenvalue weighted by Gasteiger charge is -2.39. The number of carbonyl (C=O) groups is 2. The van der Waals surface area contributed by atoms with Gasteiger partial charge in [-0.15, -0.1) is 13.2 Å². The Morgan fingerprint density at radius 1 is 1.14 bits per heavy atom. The topological polar surface area (TPSA) is 129 Å². The van der Waals surface area contributed by atoms with E-state index in [-0.39, 0.29) is 36.0 Å². The minimum absolute atomic E-state index is 0.0348. The molecule has 0 radical (unpaired) electrons. The Bertz CT molecular complexity index is 1610. The van der Waals surface area contributed by atoms with Gasteiger partial charge >= 0.3 is 12.3 Å². The SMILES string of the molecule is Cc1cc(C(C)C)ccc1CNC(=O)[C@H]1CN(c2nc(C)c(C(=O)O)s2)CCN1S(=O)(=O)c1ccc(OC(F)(F)F)cc1. The zero-order valence-electron chi connectivity index (χ0n) is 23.8. The largest absolute Gasteiger partial charge is 0.573 e. The van der Waals surface area contributed by atoms with Gasteiger partial charge in [0.05, 0.1) is 10.6 Å². The maximum absolute atomic E-state index is 13.7. The van der Waals surface area contributed by atoms with E-state index in [1.807, 2.05) is 25.1 Å². The summed E-state index contributed by atoms with van der Waals surface area (Å²) in [7, 11) is -4.35. The highest BCUT2D eigenvalue weighted by molar-refractivity contribution is 7.89. The Hall–Kier alpha value is -3.69. The van der Waals surface area contributed by atoms with Crippen LogP contribution >= 0.6 is 11.3 Å². The van der Waals surface area contributed by atoms with Gasteiger partial charge in [0.25, 0.3) is 0 Å². The number of alkyl halides is 3. The fourth-order valence-electron chi connectivity index (χ4n) is 4.68. The van der Waals surface area contributed by atoms with E-state index in [1.54, 1.807) is 11.8 Å². The summed E-state index contributed by atoms with van der Waals surface area (Å²) in [6.45, 7) is 7.55. The summed E-state index contributed by atoms with van der Waals surface area (Å²) >= 11 is 0.925. The number of thiazole rings is 1. The van der Waals surface area contributed by atoms with Crippen molar-refractivity contribution in [1.82, 2.24) is 14.6 Å². The summed E-state index contributed by atoms with van der Waals surface area (Å²) in [5.74, 6) is -2.00. The fraction of sp³-hybridized carbons (Fsp3) is 0.393. The summed E-state index contributed by atoms with van der Waals surface area (Å²) in [4.78, 5) is 30.9. The van der Waals surface area contributed by atoms with E-state index in [2.05, 4.69) is 28.9 Å². The first-order chi connectivity index (χ1) is 20.1. The van der Waals surface area contributed by atoms with Crippen LogP contribution < -0.4 is 15.0 Å². The second-order valence-corrected chi connectivity index (χ2v) is 13.2. The molecule has 1 amide bonds. The molecule has 4 rings (SSSR count). The number of amides is 1. The number of benzene rings is 2. The number of hydrogen-bond acceptors (Lipinski definition) is 8. The lowest BCUT2D eigenvalue weighted by Crippen LogP contribution is -2.60. The first-order valence-electron chi connectivity index (χ1n) is 13.3. The Kier molecular flexibility index (Phi) is 9.37. The number of aromatic nitrogens is 1. The number of anilines is 1. The van der Waals surface area contributed by atoms with Crippen LogP contribution in [0.2, 0.25) is 0 Å². The Morgan fingerprint density at radius 3 is 2.37 bits per heavy atom. The number of carbonyl (C=O) groups excluding carboxylic acids is 1. The van der Waals surface area contributed by atoms with Crippen molar-refractivity contribution in [2.45, 2.75) is 57.5 Å². The van der Waals surface area contributed by atoms with Crippen LogP contribution in [0.4, 0.5) is 18.3 Å². The second-order valence-electron chi connectivity index (χ2n) is 10.4. The number of halogens is 3. The second kappa shape index (κ2) is 12.5. The van der Waals surface area contributed by atoms with E-state index in [0.717, 1.165) is 56.6 Å². The molecule has 2 heterocycles. The van der Waals surface area contributed by atoms with Crippen LogP contribution in [0.15, 0.2) is 47.4 Å². The minimum Gasteiger partial charge on any atom is -0.477 e. The maximum Gasteiger partial charge on any atom is 0.573 e. The number of ether oxygens (including phenoxy) is 1. The number of sulfonamides is 1. The van der Waals surface area contributed by atoms with Crippen molar-refractivity contribution in [2.24, 2.45) is 0 Å². The minimum atomic E-state index is -4.94. The van der Waals surface area contributed by atoms with Crippen molar-refractivity contribution in [1.29, 1.82) is 0 Å². The van der Waals surface area contributed by atoms with Crippen molar-refractivity contribution in [3.8, 4) is 5.75 Å². The number of hydrogen-bond donors (Lipinski definition) is 2. The molecule has 1 aliphatic heterocycles. The van der Waals surface area contributed by atoms with Gasteiger partial charge in [0.1, 0.15) is 16.7 Å². The molecule has 0 unspecified atom stereocenters. The third-order valence-electron chi connectivity index (χ3n) is 7.03. The van der Waals surface area contributed by atoms with E-state index in [9.17, 15) is 36.3 Å². The predicted octanol–water partition coefficient (Wildman–Crippen LogP) is 4.68. The molecule has 1 aliphatic rings. The zero-order valence-corrected chi connectivity index (χ0v) is 25.4. The molecule has 1 aromatic heterocycles. The van der Waals surface area contributed by atoms with Crippen LogP contribution in [0.3, 0.4) is 0 Å². The molecule has 0 spiro atoms. The first-order valence-corrected chi connectivity index (χ1v) is 15.5. The van der Waals surface area contributed by atoms with Crippen molar-refractivity contribution < 1.29 is 41.0 Å². The molecule has 1 atom stereocenters. The molecule has 10 nitrogen and oxygen atoms in total. The van der Waals surface area contributed by atoms with Crippen LogP contribution in [0.25, 0.3) is 0 Å². The quantitative estimate of drug-likeness (QED) is 0.345. The molecule has 43 heavy (non-hydrogen) atoms. The molecule has 1 saturated heterocycles. The van der Waals surface area contributed by atoms with Crippen LogP contribution in [-0.2, 0) is 21.4 Å². The molecule has 2 aromatic carbocycles. The first kappa shape index (κ1) is 32.2. The van der Waals surface area contributed by atoms with Gasteiger partial charge < -0.3 is 20.1 Å². The van der Waals surface area contributed by atoms with Gasteiger partial charge in [-0.1, -0.05) is 43.4 Å². The van der Waals surface area contributed by atoms with Crippen molar-refractivity contribution in [2.75, 3.05) is 24.5 Å². The fourth-order valence-corrected chi connectivity index (χ4v) is 7.19. The van der Waals surface area contributed by atoms with Crippen molar-refractivity contribution in [3.63, 3.8) is 0 Å². The molecule has 0 aliphatic carbocycles. The molecular formula is C28H31F3N4O6S2. The summed E-state index contributed by atoms with van der Waals surface area (Å²) in [5, 5.41) is 12.6. The number of nitrogens with one attached hydrogen (secondary N) is 1. The highest BCUT2D eigenvalue weighted by Crippen LogP contribution is 2.31. The third-order valence-corrected chi connectivity index (χ3v) is 10.2. The molecule has 0 bridgehead atoms. The highest BCUT2D eigenvalue weighted by Gasteiger charge is 2.41. The van der Waals surface area contributed by atoms with E-state index in [4.69, 9.17) is 0 Å². The van der Waals surface area contributed by atoms with Gasteiger partial charge in [-0.3, -0.25) is 4.79 Å². The summed E-state index contributed by atoms with van der Waals surface area (Å²) in [6.07, 6.45) is -4.94. The Morgan fingerprint density at radius 2 is 1.81 bits per heavy atom. The standard InChI is InChI=1S/C28H31F3N4O6S2/c1-16(2)19-5-6-20(17(3)13-19)14-32-25(36)23-15-34(27-33-18(4)24(42-27)26(37)38)11-12-35(23)43(39,40)22-9-7-21(8-10-22)41-28(29,30)31/h5-10,13,16,23H,11-12,14-15H2,1-4H3,(H,32,36)(H,37,38)/t23-/m1/s1. The third kappa shape index (κ3) is 7.46. The van der Waals surface area contributed by atoms with Gasteiger partial charge in [0.2, 0.25) is 15.9 Å². The van der Waals surface area contributed by atoms with Crippen LogP contribution in [-0.4, -0.2) is 66.7 Å². The molecule has 1 fully saturated rings. The van der Waals surface area contributed by atoms with Gasteiger partial charge in [0, 0.05) is 26.2 Å². The number of carboxylic acids is 1. The van der Waals surface area contributed by atoms with Gasteiger partial charge in [-0.05, 0) is 60.7 Å². The lowest BCUT2D eigenvalue weighted by atomic mass is 9.98. The van der Waals surface area contributed by atoms with Crippen molar-refractivity contribution >= 4 is 38.4 Å². The molecule has 15 heteroatoms. The van der Waals surface area contributed by atoms with E-state index in [1.165, 1.54) is 0 Å². The molecule has 232 valence electrons. The molecule has 2 N–H and O–H groups in total. The lowest BCUT2D eigenvalue weighted by molar-refractivity contribution is -0.274. The van der Waals surface area contributed by atoms with Crippen molar-refractivity contribution in [3.05, 3.63) is 69.7 Å². The molecule has 3 aromatic rings. The number of carboxylic acid groups (broad SMARTS) is 1. The summed E-state index contributed by atoms with van der Waals surface area (Å²) in [5.41, 5.74) is 3.24. The predicted molar refractivity (Wildman–Crippen MR) is 154 cm³/mol. The number of rotatable bonds is 9. The number of aryl methyl sites for hydroxylation is 2. The monoisotopic (exact) mass is 640 g/mol. The number of nitrogens with zero attached hydrogens (tertiary/aromatic N) is 3. The van der Waals surface area contributed by atoms with E-state index < -0.39 is 40.1 Å². The summed E-state index contributed by atoms with van der Waals surface area (Å²) in [6, 6.07) is 8.40. The normalized spacial score (nSPS) is 16.4. The van der Waals surface area contributed by atoms with Gasteiger partial charge in [-0.2, -0.15) is 4.31 Å². The zero-order chi connectivity index (χ0) is 31.7. The van der Waals surface area contributed by atoms with Gasteiger partial charge in [-0.25, -0.2) is 18.2 Å². The molecular weight excluding hydrogens is 609 g/mol. The van der Waals surface area contributed by atoms with Crippen LogP contribution in [0.1, 0.15) is 51.8 Å². The smallest absolute Gasteiger partial charge is 0.477 e. The maximum atomic E-state index is 13.7. The summed E-state index contributed by atoms with van der Waals surface area (Å²) < 4.78 is 70.0. The van der Waals surface area contributed by atoms with E-state index >= 15 is 0 Å². The van der Waals surface area contributed by atoms with E-state index in [0.29, 0.717) is 16.7 Å². The average molecular weight is 641 g/mol. The van der Waals surface area contributed by atoms with Gasteiger partial charge in [0.15, 0.2) is 5.13 Å². The Labute approximate surface area is 251 Å². The Balaban J connectivity index is 1.61. The molecule has 0 saturated carbocycles. The van der Waals surface area contributed by atoms with Crippen LogP contribution in [0.5, 0.6) is 5.75 Å². The number of piperazine rings is 1. The van der Waals surface area contributed by atoms with Crippen LogP contribution in [0, 0.1) is 13.8 Å². The highest BCUT2D eigenvalue weighted by atomic mass is 32.2. The number of aromatic carboxylic acids is 1. The average Bonchev–Trinajstić information content (AvgIpc) is 3.33.